The van der Waals surface area contributed by atoms with Gasteiger partial charge in [0, 0.05) is 24.4 Å². The quantitative estimate of drug-likeness (QED) is 0.915. The van der Waals surface area contributed by atoms with Crippen molar-refractivity contribution in [2.24, 2.45) is 5.73 Å². The van der Waals surface area contributed by atoms with E-state index in [0.717, 1.165) is 17.0 Å². The molecule has 2 aromatic rings. The van der Waals surface area contributed by atoms with Crippen LogP contribution in [0.3, 0.4) is 0 Å². The largest absolute Gasteiger partial charge is 0.454 e. The average molecular weight is 258 g/mol. The molecule has 5 heteroatoms. The van der Waals surface area contributed by atoms with Gasteiger partial charge < -0.3 is 19.9 Å². The third kappa shape index (κ3) is 2.32. The van der Waals surface area contributed by atoms with Crippen LogP contribution >= 0.6 is 0 Å². The number of ether oxygens (including phenoxy) is 3. The summed E-state index contributed by atoms with van der Waals surface area (Å²) in [4.78, 5) is 4.36. The van der Waals surface area contributed by atoms with Crippen molar-refractivity contribution in [1.82, 2.24) is 4.98 Å². The number of fused-ring (bicyclic) bond motifs is 1. The lowest BCUT2D eigenvalue weighted by molar-refractivity contribution is 0.174. The van der Waals surface area contributed by atoms with E-state index >= 15 is 0 Å². The maximum absolute atomic E-state index is 5.70. The normalized spacial score (nSPS) is 12.5. The van der Waals surface area contributed by atoms with Crippen LogP contribution in [0.4, 0.5) is 0 Å². The highest BCUT2D eigenvalue weighted by atomic mass is 16.7. The molecule has 0 amide bonds. The second kappa shape index (κ2) is 4.78. The molecule has 3 rings (SSSR count). The van der Waals surface area contributed by atoms with Gasteiger partial charge in [0.05, 0.1) is 0 Å². The first kappa shape index (κ1) is 11.8. The fourth-order valence-electron chi connectivity index (χ4n) is 1.90. The van der Waals surface area contributed by atoms with Crippen molar-refractivity contribution in [1.29, 1.82) is 0 Å². The Hall–Kier alpha value is -2.27. The Kier molecular flexibility index (Phi) is 2.97. The van der Waals surface area contributed by atoms with E-state index < -0.39 is 0 Å². The lowest BCUT2D eigenvalue weighted by atomic mass is 10.2. The molecule has 2 N–H and O–H groups in total. The van der Waals surface area contributed by atoms with Crippen molar-refractivity contribution < 1.29 is 14.2 Å². The molecule has 0 radical (unpaired) electrons. The molecule has 0 unspecified atom stereocenters. The van der Waals surface area contributed by atoms with Crippen LogP contribution in [-0.4, -0.2) is 11.8 Å². The zero-order valence-corrected chi connectivity index (χ0v) is 10.6. The van der Waals surface area contributed by atoms with Crippen molar-refractivity contribution in [2.45, 2.75) is 13.5 Å². The third-order valence-electron chi connectivity index (χ3n) is 2.96. The second-order valence-electron chi connectivity index (χ2n) is 4.22. The van der Waals surface area contributed by atoms with Gasteiger partial charge >= 0.3 is 0 Å². The highest BCUT2D eigenvalue weighted by molar-refractivity contribution is 5.47. The standard InChI is InChI=1S/C14H14N2O3/c1-9-10(7-15)2-5-14(16-9)19-11-3-4-12-13(6-11)18-8-17-12/h2-6H,7-8,15H2,1H3. The molecule has 2 heterocycles. The lowest BCUT2D eigenvalue weighted by Gasteiger charge is -2.08. The molecule has 0 bridgehead atoms. The Morgan fingerprint density at radius 3 is 2.84 bits per heavy atom. The molecule has 1 aromatic heterocycles. The van der Waals surface area contributed by atoms with Crippen LogP contribution in [-0.2, 0) is 6.54 Å². The molecule has 0 atom stereocenters. The van der Waals surface area contributed by atoms with Crippen LogP contribution in [0, 0.1) is 6.92 Å². The summed E-state index contributed by atoms with van der Waals surface area (Å²) in [5.74, 6) is 2.62. The fraction of sp³-hybridized carbons (Fsp3) is 0.214. The molecule has 1 aromatic carbocycles. The van der Waals surface area contributed by atoms with E-state index in [2.05, 4.69) is 4.98 Å². The predicted molar refractivity (Wildman–Crippen MR) is 69.5 cm³/mol. The smallest absolute Gasteiger partial charge is 0.231 e. The molecule has 0 saturated heterocycles. The number of pyridine rings is 1. The molecule has 5 nitrogen and oxygen atoms in total. The maximum atomic E-state index is 5.70. The van der Waals surface area contributed by atoms with Gasteiger partial charge in [0.1, 0.15) is 5.75 Å². The first-order valence-electron chi connectivity index (χ1n) is 6.00. The second-order valence-corrected chi connectivity index (χ2v) is 4.22. The van der Waals surface area contributed by atoms with E-state index in [1.54, 1.807) is 12.1 Å². The SMILES string of the molecule is Cc1nc(Oc2ccc3c(c2)OCO3)ccc1CN. The summed E-state index contributed by atoms with van der Waals surface area (Å²) in [6.07, 6.45) is 0. The number of hydrogen-bond donors (Lipinski definition) is 1. The van der Waals surface area contributed by atoms with Gasteiger partial charge in [-0.2, -0.15) is 0 Å². The Morgan fingerprint density at radius 2 is 2.05 bits per heavy atom. The Bertz CT molecular complexity index is 614. The first-order valence-corrected chi connectivity index (χ1v) is 6.00. The third-order valence-corrected chi connectivity index (χ3v) is 2.96. The van der Waals surface area contributed by atoms with Gasteiger partial charge in [-0.3, -0.25) is 0 Å². The van der Waals surface area contributed by atoms with E-state index in [0.29, 0.717) is 23.9 Å². The van der Waals surface area contributed by atoms with Gasteiger partial charge in [0.25, 0.3) is 0 Å². The van der Waals surface area contributed by atoms with E-state index in [1.807, 2.05) is 25.1 Å². The van der Waals surface area contributed by atoms with Gasteiger partial charge in [-0.25, -0.2) is 4.98 Å². The van der Waals surface area contributed by atoms with Crippen LogP contribution in [0.5, 0.6) is 23.1 Å². The highest BCUT2D eigenvalue weighted by Gasteiger charge is 2.14. The summed E-state index contributed by atoms with van der Waals surface area (Å²) >= 11 is 0. The average Bonchev–Trinajstić information content (AvgIpc) is 2.86. The Labute approximate surface area is 110 Å². The summed E-state index contributed by atoms with van der Waals surface area (Å²) in [5.41, 5.74) is 7.49. The summed E-state index contributed by atoms with van der Waals surface area (Å²) in [5, 5.41) is 0. The minimum Gasteiger partial charge on any atom is -0.454 e. The molecule has 19 heavy (non-hydrogen) atoms. The van der Waals surface area contributed by atoms with Crippen LogP contribution in [0.25, 0.3) is 0 Å². The van der Waals surface area contributed by atoms with E-state index in [1.165, 1.54) is 0 Å². The van der Waals surface area contributed by atoms with Crippen LogP contribution < -0.4 is 19.9 Å². The number of hydrogen-bond acceptors (Lipinski definition) is 5. The molecule has 98 valence electrons. The molecular weight excluding hydrogens is 244 g/mol. The number of aryl methyl sites for hydroxylation is 1. The monoisotopic (exact) mass is 258 g/mol. The van der Waals surface area contributed by atoms with Crippen LogP contribution in [0.15, 0.2) is 30.3 Å². The fourth-order valence-corrected chi connectivity index (χ4v) is 1.90. The first-order chi connectivity index (χ1) is 9.26. The minimum absolute atomic E-state index is 0.251. The van der Waals surface area contributed by atoms with Crippen LogP contribution in [0.1, 0.15) is 11.3 Å². The highest BCUT2D eigenvalue weighted by Crippen LogP contribution is 2.36. The Morgan fingerprint density at radius 1 is 1.21 bits per heavy atom. The van der Waals surface area contributed by atoms with Gasteiger partial charge in [-0.05, 0) is 24.6 Å². The van der Waals surface area contributed by atoms with Gasteiger partial charge in [-0.15, -0.1) is 0 Å². The summed E-state index contributed by atoms with van der Waals surface area (Å²) in [6, 6.07) is 9.15. The number of rotatable bonds is 3. The van der Waals surface area contributed by atoms with Gasteiger partial charge in [-0.1, -0.05) is 6.07 Å². The van der Waals surface area contributed by atoms with Crippen LogP contribution in [0.2, 0.25) is 0 Å². The summed E-state index contributed by atoms with van der Waals surface area (Å²) in [7, 11) is 0. The van der Waals surface area contributed by atoms with Crippen molar-refractivity contribution in [2.75, 3.05) is 6.79 Å². The summed E-state index contributed by atoms with van der Waals surface area (Å²) < 4.78 is 16.2. The van der Waals surface area contributed by atoms with Gasteiger partial charge in [0.15, 0.2) is 11.5 Å². The number of nitrogens with two attached hydrogens (primary N) is 1. The van der Waals surface area contributed by atoms with E-state index in [9.17, 15) is 0 Å². The molecule has 0 aliphatic carbocycles. The molecule has 0 saturated carbocycles. The van der Waals surface area contributed by atoms with Crippen molar-refractivity contribution in [3.63, 3.8) is 0 Å². The summed E-state index contributed by atoms with van der Waals surface area (Å²) in [6.45, 7) is 2.64. The van der Waals surface area contributed by atoms with Crippen molar-refractivity contribution in [3.8, 4) is 23.1 Å². The van der Waals surface area contributed by atoms with E-state index in [4.69, 9.17) is 19.9 Å². The maximum Gasteiger partial charge on any atom is 0.231 e. The van der Waals surface area contributed by atoms with Crippen molar-refractivity contribution >= 4 is 0 Å². The molecule has 1 aliphatic rings. The number of nitrogens with zero attached hydrogens (tertiary/aromatic N) is 1. The molecule has 1 aliphatic heterocycles. The van der Waals surface area contributed by atoms with Gasteiger partial charge in [0.2, 0.25) is 12.7 Å². The zero-order chi connectivity index (χ0) is 13.2. The van der Waals surface area contributed by atoms with Crippen molar-refractivity contribution in [3.05, 3.63) is 41.6 Å². The topological polar surface area (TPSA) is 66.6 Å². The number of aromatic nitrogens is 1. The molecule has 0 fully saturated rings. The predicted octanol–water partition coefficient (Wildman–Crippen LogP) is 2.37. The molecule has 0 spiro atoms. The lowest BCUT2D eigenvalue weighted by Crippen LogP contribution is -2.01. The Balaban J connectivity index is 1.83. The van der Waals surface area contributed by atoms with E-state index in [-0.39, 0.29) is 6.79 Å². The zero-order valence-electron chi connectivity index (χ0n) is 10.6. The number of benzene rings is 1. The minimum atomic E-state index is 0.251. The molecular formula is C14H14N2O3.